The topological polar surface area (TPSA) is 114 Å². The van der Waals surface area contributed by atoms with Crippen LogP contribution in [0.25, 0.3) is 0 Å². The second kappa shape index (κ2) is 55.0. The Kier molecular flexibility index (Phi) is 53.4. The largest absolute Gasteiger partial charge is 0.756 e. The van der Waals surface area contributed by atoms with Crippen LogP contribution in [0, 0.1) is 0 Å². The van der Waals surface area contributed by atoms with Crippen LogP contribution < -0.4 is 10.2 Å². The molecule has 0 aliphatic rings. The number of esters is 1. The Bertz CT molecular complexity index is 1470. The Balaban J connectivity index is 5.21. The molecule has 9 nitrogen and oxygen atoms in total. The fourth-order valence-electron chi connectivity index (χ4n) is 8.99. The summed E-state index contributed by atoms with van der Waals surface area (Å²) < 4.78 is 30.3. The SMILES string of the molecule is CCCCC/C=C\C/C=C\C/C=C\CCCCCCCCCCCCC(=O)NC(COP(=O)([O-])OCC[N+](C)(C)C)C(/C=C\CCCCCCCCCCCCC)OC(=O)CCCCC/C=C\CCCCCCCC. The van der Waals surface area contributed by atoms with E-state index in [0.717, 1.165) is 89.9 Å². The van der Waals surface area contributed by atoms with Crippen LogP contribution in [0.5, 0.6) is 0 Å². The molecule has 0 aromatic heterocycles. The van der Waals surface area contributed by atoms with Gasteiger partial charge in [0, 0.05) is 12.8 Å². The lowest BCUT2D eigenvalue weighted by molar-refractivity contribution is -0.870. The lowest BCUT2D eigenvalue weighted by atomic mass is 10.0. The molecule has 0 aromatic carbocycles. The van der Waals surface area contributed by atoms with Gasteiger partial charge in [-0.25, -0.2) is 0 Å². The fraction of sp³-hybridized carbons (Fsp3) is 0.815. The van der Waals surface area contributed by atoms with Crippen molar-refractivity contribution in [2.45, 2.75) is 303 Å². The Morgan fingerprint density at radius 1 is 0.467 bits per heavy atom. The number of rotatable bonds is 57. The van der Waals surface area contributed by atoms with E-state index in [4.69, 9.17) is 13.8 Å². The van der Waals surface area contributed by atoms with Gasteiger partial charge in [-0.1, -0.05) is 242 Å². The molecule has 0 radical (unpaired) electrons. The van der Waals surface area contributed by atoms with Gasteiger partial charge in [0.05, 0.1) is 33.8 Å². The quantitative estimate of drug-likeness (QED) is 0.0212. The van der Waals surface area contributed by atoms with Crippen LogP contribution in [0.4, 0.5) is 0 Å². The first-order valence-electron chi connectivity index (χ1n) is 31.6. The normalized spacial score (nSPS) is 14.1. The van der Waals surface area contributed by atoms with Gasteiger partial charge >= 0.3 is 5.97 Å². The molecule has 0 rings (SSSR count). The Morgan fingerprint density at radius 3 is 1.27 bits per heavy atom. The summed E-state index contributed by atoms with van der Waals surface area (Å²) in [5.41, 5.74) is 0. The highest BCUT2D eigenvalue weighted by atomic mass is 31.2. The summed E-state index contributed by atoms with van der Waals surface area (Å²) in [6.45, 7) is 6.81. The molecule has 0 saturated heterocycles. The molecule has 0 heterocycles. The van der Waals surface area contributed by atoms with E-state index in [1.165, 1.54) is 161 Å². The number of carbonyl (C=O) groups is 2. The molecule has 0 aliphatic carbocycles. The lowest BCUT2D eigenvalue weighted by Crippen LogP contribution is -2.47. The summed E-state index contributed by atoms with van der Waals surface area (Å²) in [6.07, 6.45) is 69.0. The predicted octanol–water partition coefficient (Wildman–Crippen LogP) is 18.8. The molecular weight excluding hydrogens is 952 g/mol. The van der Waals surface area contributed by atoms with Crippen molar-refractivity contribution in [3.05, 3.63) is 60.8 Å². The number of hydrogen-bond acceptors (Lipinski definition) is 7. The first-order chi connectivity index (χ1) is 36.4. The minimum absolute atomic E-state index is 0.0260. The van der Waals surface area contributed by atoms with Gasteiger partial charge in [-0.3, -0.25) is 14.2 Å². The maximum Gasteiger partial charge on any atom is 0.306 e. The first kappa shape index (κ1) is 72.7. The zero-order valence-corrected chi connectivity index (χ0v) is 50.9. The predicted molar refractivity (Wildman–Crippen MR) is 321 cm³/mol. The highest BCUT2D eigenvalue weighted by Gasteiger charge is 2.27. The van der Waals surface area contributed by atoms with E-state index in [2.05, 4.69) is 74.7 Å². The maximum atomic E-state index is 13.5. The molecule has 0 aromatic rings. The van der Waals surface area contributed by atoms with E-state index in [-0.39, 0.29) is 24.9 Å². The Hall–Kier alpha value is -2.29. The van der Waals surface area contributed by atoms with Crippen molar-refractivity contribution in [2.24, 2.45) is 0 Å². The molecule has 10 heteroatoms. The van der Waals surface area contributed by atoms with Gasteiger partial charge in [0.2, 0.25) is 5.91 Å². The molecule has 75 heavy (non-hydrogen) atoms. The van der Waals surface area contributed by atoms with E-state index in [9.17, 15) is 19.0 Å². The average Bonchev–Trinajstić information content (AvgIpc) is 3.37. The number of phosphoric acid groups is 1. The number of phosphoric ester groups is 1. The molecule has 0 fully saturated rings. The number of ether oxygens (including phenoxy) is 1. The van der Waals surface area contributed by atoms with Crippen LogP contribution in [0.1, 0.15) is 290 Å². The second-order valence-electron chi connectivity index (χ2n) is 22.6. The van der Waals surface area contributed by atoms with E-state index in [1.807, 2.05) is 33.3 Å². The molecular formula is C65H121N2O7P. The van der Waals surface area contributed by atoms with Gasteiger partial charge in [0.1, 0.15) is 19.3 Å². The number of unbranched alkanes of at least 4 members (excludes halogenated alkanes) is 33. The maximum absolute atomic E-state index is 13.5. The van der Waals surface area contributed by atoms with E-state index in [0.29, 0.717) is 23.9 Å². The third-order valence-corrected chi connectivity index (χ3v) is 14.9. The molecule has 3 atom stereocenters. The van der Waals surface area contributed by atoms with Crippen LogP contribution in [0.3, 0.4) is 0 Å². The van der Waals surface area contributed by atoms with Gasteiger partial charge in [-0.15, -0.1) is 0 Å². The van der Waals surface area contributed by atoms with Crippen molar-refractivity contribution in [3.8, 4) is 0 Å². The van der Waals surface area contributed by atoms with Crippen molar-refractivity contribution < 1.29 is 37.3 Å². The standard InChI is InChI=1S/C65H121N2O7P/c1-7-10-13-16-19-22-25-28-29-30-31-32-33-34-35-36-37-40-42-45-48-51-54-57-64(68)66-62(61-73-75(70,71)72-60-59-67(4,5)6)63(56-53-50-47-44-41-38-26-23-20-17-14-11-8-2)74-65(69)58-55-52-49-46-43-39-27-24-21-18-15-12-9-3/h19,22,28-29,31-32,39,43,53,56,62-63H,7-18,20-21,23-27,30,33-38,40-42,44-52,54-55,57-61H2,1-6H3,(H-,66,68,70,71)/b22-19-,29-28-,32-31-,43-39-,56-53-. The summed E-state index contributed by atoms with van der Waals surface area (Å²) in [4.78, 5) is 40.0. The van der Waals surface area contributed by atoms with Crippen molar-refractivity contribution in [3.63, 3.8) is 0 Å². The molecule has 0 spiro atoms. The molecule has 3 unspecified atom stereocenters. The Labute approximate surface area is 464 Å². The highest BCUT2D eigenvalue weighted by Crippen LogP contribution is 2.38. The minimum atomic E-state index is -4.70. The highest BCUT2D eigenvalue weighted by molar-refractivity contribution is 7.45. The summed E-state index contributed by atoms with van der Waals surface area (Å²) in [6, 6.07) is -0.897. The lowest BCUT2D eigenvalue weighted by Gasteiger charge is -2.30. The van der Waals surface area contributed by atoms with Crippen LogP contribution in [-0.2, 0) is 27.9 Å². The second-order valence-corrected chi connectivity index (χ2v) is 24.0. The van der Waals surface area contributed by atoms with Gasteiger partial charge in [-0.2, -0.15) is 0 Å². The van der Waals surface area contributed by atoms with E-state index < -0.39 is 26.6 Å². The number of hydrogen-bond donors (Lipinski definition) is 1. The third kappa shape index (κ3) is 56.2. The summed E-state index contributed by atoms with van der Waals surface area (Å²) >= 11 is 0. The van der Waals surface area contributed by atoms with Crippen LogP contribution >= 0.6 is 7.82 Å². The van der Waals surface area contributed by atoms with Crippen molar-refractivity contribution in [2.75, 3.05) is 40.9 Å². The summed E-state index contributed by atoms with van der Waals surface area (Å²) in [5, 5.41) is 3.03. The molecule has 438 valence electrons. The number of nitrogens with one attached hydrogen (secondary N) is 1. The Morgan fingerprint density at radius 2 is 0.813 bits per heavy atom. The van der Waals surface area contributed by atoms with Crippen molar-refractivity contribution >= 4 is 19.7 Å². The molecule has 1 amide bonds. The number of quaternary nitrogens is 1. The van der Waals surface area contributed by atoms with Gasteiger partial charge in [0.25, 0.3) is 7.82 Å². The van der Waals surface area contributed by atoms with Crippen LogP contribution in [0.15, 0.2) is 60.8 Å². The third-order valence-electron chi connectivity index (χ3n) is 13.9. The van der Waals surface area contributed by atoms with Gasteiger partial charge in [0.15, 0.2) is 0 Å². The fourth-order valence-corrected chi connectivity index (χ4v) is 9.72. The number of carbonyl (C=O) groups excluding carboxylic acids is 2. The molecule has 0 bridgehead atoms. The summed E-state index contributed by atoms with van der Waals surface area (Å²) in [5.74, 6) is -0.559. The van der Waals surface area contributed by atoms with E-state index >= 15 is 0 Å². The zero-order valence-electron chi connectivity index (χ0n) is 50.0. The average molecular weight is 1070 g/mol. The monoisotopic (exact) mass is 1070 g/mol. The number of allylic oxidation sites excluding steroid dienone is 9. The van der Waals surface area contributed by atoms with E-state index in [1.54, 1.807) is 0 Å². The molecule has 1 N–H and O–H groups in total. The number of amides is 1. The minimum Gasteiger partial charge on any atom is -0.756 e. The number of likely N-dealkylation sites (N-methyl/N-ethyl adjacent to an activating group) is 1. The van der Waals surface area contributed by atoms with Crippen LogP contribution in [-0.4, -0.2) is 69.4 Å². The van der Waals surface area contributed by atoms with Gasteiger partial charge < -0.3 is 28.5 Å². The van der Waals surface area contributed by atoms with Gasteiger partial charge in [-0.05, 0) is 96.0 Å². The number of nitrogens with zero attached hydrogens (tertiary/aromatic N) is 1. The molecule has 0 saturated carbocycles. The zero-order chi connectivity index (χ0) is 55.0. The summed E-state index contributed by atoms with van der Waals surface area (Å²) in [7, 11) is 1.18. The molecule has 0 aliphatic heterocycles. The van der Waals surface area contributed by atoms with Crippen molar-refractivity contribution in [1.29, 1.82) is 0 Å². The van der Waals surface area contributed by atoms with Crippen LogP contribution in [0.2, 0.25) is 0 Å². The van der Waals surface area contributed by atoms with Crippen molar-refractivity contribution in [1.82, 2.24) is 5.32 Å². The first-order valence-corrected chi connectivity index (χ1v) is 33.1. The smallest absolute Gasteiger partial charge is 0.306 e.